The van der Waals surface area contributed by atoms with Crippen LogP contribution in [0.4, 0.5) is 0 Å². The quantitative estimate of drug-likeness (QED) is 0.322. The summed E-state index contributed by atoms with van der Waals surface area (Å²) in [6.07, 6.45) is 5.78. The molecule has 2 bridgehead atoms. The highest BCUT2D eigenvalue weighted by Gasteiger charge is 2.49. The number of fused-ring (bicyclic) bond motifs is 5. The number of Topliss-reactive ketones (excluding diaryl/α,β-unsaturated/α-hetero) is 1. The Kier molecular flexibility index (Phi) is 5.08. The first-order chi connectivity index (χ1) is 18.0. The molecule has 0 aromatic heterocycles. The second kappa shape index (κ2) is 8.05. The lowest BCUT2D eigenvalue weighted by atomic mass is 9.64. The second-order valence-corrected chi connectivity index (χ2v) is 11.0. The maximum atomic E-state index is 14.4. The van der Waals surface area contributed by atoms with E-state index in [0.717, 1.165) is 5.56 Å². The predicted molar refractivity (Wildman–Crippen MR) is 142 cm³/mol. The average molecular weight is 513 g/mol. The fourth-order valence-corrected chi connectivity index (χ4v) is 5.96. The largest absolute Gasteiger partial charge is 0.508 e. The van der Waals surface area contributed by atoms with E-state index in [9.17, 15) is 25.2 Å². The molecule has 0 spiro atoms. The number of benzene rings is 3. The van der Waals surface area contributed by atoms with Crippen molar-refractivity contribution < 1.29 is 34.7 Å². The van der Waals surface area contributed by atoms with Gasteiger partial charge in [-0.05, 0) is 86.9 Å². The highest BCUT2D eigenvalue weighted by molar-refractivity contribution is 6.09. The smallest absolute Gasteiger partial charge is 0.174 e. The van der Waals surface area contributed by atoms with Gasteiger partial charge in [-0.15, -0.1) is 0 Å². The third-order valence-corrected chi connectivity index (χ3v) is 7.62. The van der Waals surface area contributed by atoms with Gasteiger partial charge in [0.15, 0.2) is 5.78 Å². The molecule has 0 saturated heterocycles. The molecule has 0 saturated carbocycles. The van der Waals surface area contributed by atoms with Crippen LogP contribution in [0.5, 0.6) is 34.5 Å². The maximum absolute atomic E-state index is 14.4. The highest BCUT2D eigenvalue weighted by Crippen LogP contribution is 2.56. The molecule has 3 unspecified atom stereocenters. The molecule has 3 aliphatic rings. The molecular formula is C31H28O7. The summed E-state index contributed by atoms with van der Waals surface area (Å²) >= 11 is 0. The Morgan fingerprint density at radius 3 is 2.39 bits per heavy atom. The van der Waals surface area contributed by atoms with E-state index in [1.165, 1.54) is 24.3 Å². The van der Waals surface area contributed by atoms with Crippen LogP contribution in [0, 0.1) is 5.92 Å². The van der Waals surface area contributed by atoms with Crippen molar-refractivity contribution in [3.63, 3.8) is 0 Å². The first-order valence-corrected chi connectivity index (χ1v) is 12.5. The zero-order valence-corrected chi connectivity index (χ0v) is 21.2. The molecule has 194 valence electrons. The molecule has 2 heterocycles. The van der Waals surface area contributed by atoms with Crippen molar-refractivity contribution >= 4 is 17.4 Å². The van der Waals surface area contributed by atoms with Gasteiger partial charge >= 0.3 is 0 Å². The van der Waals surface area contributed by atoms with Crippen molar-refractivity contribution in [1.29, 1.82) is 0 Å². The molecule has 7 nitrogen and oxygen atoms in total. The third-order valence-electron chi connectivity index (χ3n) is 7.62. The predicted octanol–water partition coefficient (Wildman–Crippen LogP) is 5.91. The summed E-state index contributed by atoms with van der Waals surface area (Å²) in [5.74, 6) is -1.21. The van der Waals surface area contributed by atoms with Crippen molar-refractivity contribution in [1.82, 2.24) is 0 Å². The van der Waals surface area contributed by atoms with Gasteiger partial charge in [-0.1, -0.05) is 12.1 Å². The standard InChI is InChI=1S/C31H28O7/c1-30(2)12-11-18-24(37-30)10-9-19(28(18)35)29(36)26-20-14-31(3,38-25-13-16(32)7-8-17(20)25)15-21(26)27-22(33)5-4-6-23(27)34/h4-13,15,20,26,32-35H,14H2,1-3H3. The van der Waals surface area contributed by atoms with Gasteiger partial charge in [0, 0.05) is 12.0 Å². The second-order valence-electron chi connectivity index (χ2n) is 11.0. The normalized spacial score (nSPS) is 24.3. The van der Waals surface area contributed by atoms with E-state index >= 15 is 0 Å². The number of hydrogen-bond acceptors (Lipinski definition) is 7. The van der Waals surface area contributed by atoms with Crippen molar-refractivity contribution in [3.05, 3.63) is 82.9 Å². The third kappa shape index (κ3) is 3.69. The topological polar surface area (TPSA) is 116 Å². The van der Waals surface area contributed by atoms with Gasteiger partial charge < -0.3 is 29.9 Å². The Morgan fingerprint density at radius 1 is 0.921 bits per heavy atom. The van der Waals surface area contributed by atoms with E-state index < -0.39 is 23.0 Å². The fraction of sp³-hybridized carbons (Fsp3) is 0.258. The van der Waals surface area contributed by atoms with Gasteiger partial charge in [-0.2, -0.15) is 0 Å². The minimum Gasteiger partial charge on any atom is -0.508 e. The number of allylic oxidation sites excluding steroid dienone is 1. The minimum atomic E-state index is -0.872. The Bertz CT molecular complexity index is 1540. The van der Waals surface area contributed by atoms with Crippen LogP contribution in [0.1, 0.15) is 60.2 Å². The van der Waals surface area contributed by atoms with Crippen LogP contribution in [-0.4, -0.2) is 37.4 Å². The molecule has 2 aliphatic heterocycles. The molecule has 0 fully saturated rings. The van der Waals surface area contributed by atoms with Crippen LogP contribution in [0.15, 0.2) is 60.7 Å². The fourth-order valence-electron chi connectivity index (χ4n) is 5.96. The molecule has 3 aromatic rings. The minimum absolute atomic E-state index is 0.0415. The highest BCUT2D eigenvalue weighted by atomic mass is 16.5. The van der Waals surface area contributed by atoms with Crippen LogP contribution in [-0.2, 0) is 0 Å². The first-order valence-electron chi connectivity index (χ1n) is 12.5. The van der Waals surface area contributed by atoms with Gasteiger partial charge in [0.1, 0.15) is 45.7 Å². The summed E-state index contributed by atoms with van der Waals surface area (Å²) < 4.78 is 12.2. The Balaban J connectivity index is 1.55. The lowest BCUT2D eigenvalue weighted by molar-refractivity contribution is 0.0729. The molecule has 38 heavy (non-hydrogen) atoms. The molecular weight excluding hydrogens is 484 g/mol. The number of phenols is 4. The van der Waals surface area contributed by atoms with E-state index in [1.54, 1.807) is 36.4 Å². The molecule has 1 aliphatic carbocycles. The summed E-state index contributed by atoms with van der Waals surface area (Å²) in [6.45, 7) is 5.67. The van der Waals surface area contributed by atoms with E-state index in [0.29, 0.717) is 29.1 Å². The number of phenolic OH excluding ortho intramolecular Hbond substituents is 4. The molecule has 4 N–H and O–H groups in total. The maximum Gasteiger partial charge on any atom is 0.174 e. The number of ketones is 1. The summed E-state index contributed by atoms with van der Waals surface area (Å²) in [4.78, 5) is 14.4. The van der Waals surface area contributed by atoms with E-state index in [4.69, 9.17) is 9.47 Å². The molecule has 7 heteroatoms. The van der Waals surface area contributed by atoms with Crippen LogP contribution in [0.25, 0.3) is 11.6 Å². The van der Waals surface area contributed by atoms with Gasteiger partial charge in [0.2, 0.25) is 0 Å². The molecule has 0 radical (unpaired) electrons. The van der Waals surface area contributed by atoms with Crippen molar-refractivity contribution in [2.24, 2.45) is 5.92 Å². The van der Waals surface area contributed by atoms with E-state index in [2.05, 4.69) is 0 Å². The average Bonchev–Trinajstić information content (AvgIpc) is 2.82. The molecule has 3 aromatic carbocycles. The van der Waals surface area contributed by atoms with Gasteiger partial charge in [-0.3, -0.25) is 4.79 Å². The van der Waals surface area contributed by atoms with Crippen molar-refractivity contribution in [2.75, 3.05) is 0 Å². The van der Waals surface area contributed by atoms with Crippen molar-refractivity contribution in [2.45, 2.75) is 44.3 Å². The lowest BCUT2D eigenvalue weighted by Gasteiger charge is -2.46. The Labute approximate surface area is 219 Å². The molecule has 0 amide bonds. The summed E-state index contributed by atoms with van der Waals surface area (Å²) in [6, 6.07) is 12.5. The van der Waals surface area contributed by atoms with Gasteiger partial charge in [0.25, 0.3) is 0 Å². The first kappa shape index (κ1) is 24.0. The Morgan fingerprint density at radius 2 is 1.66 bits per heavy atom. The summed E-state index contributed by atoms with van der Waals surface area (Å²) in [5, 5.41) is 42.9. The molecule has 3 atom stereocenters. The van der Waals surface area contributed by atoms with E-state index in [1.807, 2.05) is 26.8 Å². The number of carbonyl (C=O) groups excluding carboxylic acids is 1. The SMILES string of the molecule is CC1(C)C=Cc2c(ccc(C(=O)C3C(c4c(O)cccc4O)=CC4(C)CC3c3ccc(O)cc3O4)c2O)O1. The Hall–Kier alpha value is -4.39. The van der Waals surface area contributed by atoms with Crippen LogP contribution < -0.4 is 9.47 Å². The zero-order chi connectivity index (χ0) is 27.0. The van der Waals surface area contributed by atoms with Crippen LogP contribution in [0.2, 0.25) is 0 Å². The van der Waals surface area contributed by atoms with Gasteiger partial charge in [-0.25, -0.2) is 0 Å². The zero-order valence-electron chi connectivity index (χ0n) is 21.2. The number of carbonyl (C=O) groups is 1. The van der Waals surface area contributed by atoms with Crippen LogP contribution in [0.3, 0.4) is 0 Å². The van der Waals surface area contributed by atoms with Crippen LogP contribution >= 0.6 is 0 Å². The number of hydrogen-bond donors (Lipinski definition) is 4. The van der Waals surface area contributed by atoms with Gasteiger partial charge in [0.05, 0.1) is 22.6 Å². The lowest BCUT2D eigenvalue weighted by Crippen LogP contribution is -2.44. The molecule has 6 rings (SSSR count). The van der Waals surface area contributed by atoms with Crippen molar-refractivity contribution in [3.8, 4) is 34.5 Å². The summed E-state index contributed by atoms with van der Waals surface area (Å²) in [7, 11) is 0. The number of ether oxygens (including phenoxy) is 2. The number of aromatic hydroxyl groups is 4. The monoisotopic (exact) mass is 512 g/mol. The number of rotatable bonds is 3. The van der Waals surface area contributed by atoms with E-state index in [-0.39, 0.29) is 39.9 Å². The summed E-state index contributed by atoms with van der Waals surface area (Å²) in [5.41, 5.74) is 0.396.